The highest BCUT2D eigenvalue weighted by Crippen LogP contribution is 2.32. The first-order valence-corrected chi connectivity index (χ1v) is 7.23. The van der Waals surface area contributed by atoms with E-state index in [-0.39, 0.29) is 0 Å². The Kier molecular flexibility index (Phi) is 5.35. The molecule has 0 atom stereocenters. The third-order valence-electron chi connectivity index (χ3n) is 2.92. The van der Waals surface area contributed by atoms with E-state index in [1.54, 1.807) is 12.1 Å². The molecule has 1 N–H and O–H groups in total. The number of halogens is 2. The number of hydrogen-bond acceptors (Lipinski definition) is 3. The van der Waals surface area contributed by atoms with Crippen LogP contribution in [0.5, 0.6) is 5.75 Å². The van der Waals surface area contributed by atoms with Crippen molar-refractivity contribution in [3.63, 3.8) is 0 Å². The standard InChI is InChI=1S/C15H17Cl2NO2/c1-3-18-8-12-7-11(10(2)20-12)9-19-14-6-4-5-13(16)15(14)17/h4-7,18H,3,8-9H2,1-2H3. The molecular weight excluding hydrogens is 297 g/mol. The van der Waals surface area contributed by atoms with Crippen molar-refractivity contribution in [2.24, 2.45) is 0 Å². The molecule has 5 heteroatoms. The predicted octanol–water partition coefficient (Wildman–Crippen LogP) is 4.58. The molecule has 0 saturated heterocycles. The van der Waals surface area contributed by atoms with Gasteiger partial charge in [0.2, 0.25) is 0 Å². The van der Waals surface area contributed by atoms with Gasteiger partial charge < -0.3 is 14.5 Å². The van der Waals surface area contributed by atoms with E-state index < -0.39 is 0 Å². The minimum Gasteiger partial charge on any atom is -0.487 e. The average molecular weight is 314 g/mol. The Balaban J connectivity index is 2.03. The molecule has 2 rings (SSSR count). The lowest BCUT2D eigenvalue weighted by Gasteiger charge is -2.07. The summed E-state index contributed by atoms with van der Waals surface area (Å²) in [7, 11) is 0. The summed E-state index contributed by atoms with van der Waals surface area (Å²) in [6.45, 7) is 6.01. The highest BCUT2D eigenvalue weighted by Gasteiger charge is 2.10. The van der Waals surface area contributed by atoms with Gasteiger partial charge in [0.05, 0.1) is 11.6 Å². The van der Waals surface area contributed by atoms with E-state index in [2.05, 4.69) is 12.2 Å². The molecule has 0 aliphatic heterocycles. The van der Waals surface area contributed by atoms with Gasteiger partial charge in [0.15, 0.2) is 0 Å². The summed E-state index contributed by atoms with van der Waals surface area (Å²) in [6.07, 6.45) is 0. The average Bonchev–Trinajstić information content (AvgIpc) is 2.79. The molecule has 1 aromatic heterocycles. The molecule has 2 aromatic rings. The second kappa shape index (κ2) is 7.02. The van der Waals surface area contributed by atoms with Gasteiger partial charge in [-0.15, -0.1) is 0 Å². The van der Waals surface area contributed by atoms with Crippen LogP contribution >= 0.6 is 23.2 Å². The lowest BCUT2D eigenvalue weighted by molar-refractivity contribution is 0.303. The van der Waals surface area contributed by atoms with Crippen molar-refractivity contribution >= 4 is 23.2 Å². The molecule has 0 saturated carbocycles. The number of benzene rings is 1. The summed E-state index contributed by atoms with van der Waals surface area (Å²) in [5.74, 6) is 2.34. The van der Waals surface area contributed by atoms with E-state index in [0.29, 0.717) is 22.4 Å². The highest BCUT2D eigenvalue weighted by atomic mass is 35.5. The molecule has 20 heavy (non-hydrogen) atoms. The molecule has 0 bridgehead atoms. The summed E-state index contributed by atoms with van der Waals surface area (Å²) in [5, 5.41) is 4.14. The maximum absolute atomic E-state index is 6.08. The van der Waals surface area contributed by atoms with Crippen LogP contribution in [0.4, 0.5) is 0 Å². The van der Waals surface area contributed by atoms with Crippen LogP contribution in [0.3, 0.4) is 0 Å². The monoisotopic (exact) mass is 313 g/mol. The van der Waals surface area contributed by atoms with Gasteiger partial charge in [-0.1, -0.05) is 36.2 Å². The maximum atomic E-state index is 6.08. The summed E-state index contributed by atoms with van der Waals surface area (Å²) in [4.78, 5) is 0. The Labute approximate surface area is 128 Å². The lowest BCUT2D eigenvalue weighted by atomic mass is 10.2. The molecule has 0 fully saturated rings. The van der Waals surface area contributed by atoms with Crippen LogP contribution in [0.25, 0.3) is 0 Å². The normalized spacial score (nSPS) is 10.8. The van der Waals surface area contributed by atoms with Crippen LogP contribution in [-0.4, -0.2) is 6.54 Å². The Hall–Kier alpha value is -1.16. The third-order valence-corrected chi connectivity index (χ3v) is 3.72. The summed E-state index contributed by atoms with van der Waals surface area (Å²) in [6, 6.07) is 7.33. The maximum Gasteiger partial charge on any atom is 0.139 e. The minimum absolute atomic E-state index is 0.404. The van der Waals surface area contributed by atoms with Crippen LogP contribution in [0.2, 0.25) is 10.0 Å². The number of hydrogen-bond donors (Lipinski definition) is 1. The van der Waals surface area contributed by atoms with Crippen LogP contribution in [0, 0.1) is 6.92 Å². The molecule has 1 aromatic carbocycles. The predicted molar refractivity (Wildman–Crippen MR) is 81.6 cm³/mol. The number of rotatable bonds is 6. The highest BCUT2D eigenvalue weighted by molar-refractivity contribution is 6.42. The summed E-state index contributed by atoms with van der Waals surface area (Å²) < 4.78 is 11.4. The molecule has 3 nitrogen and oxygen atoms in total. The van der Waals surface area contributed by atoms with Gasteiger partial charge in [0.1, 0.15) is 28.9 Å². The van der Waals surface area contributed by atoms with Crippen molar-refractivity contribution in [3.8, 4) is 5.75 Å². The second-order valence-corrected chi connectivity index (χ2v) is 5.20. The van der Waals surface area contributed by atoms with Crippen LogP contribution in [0.1, 0.15) is 24.0 Å². The van der Waals surface area contributed by atoms with Crippen molar-refractivity contribution in [1.82, 2.24) is 5.32 Å². The Bertz CT molecular complexity index is 581. The van der Waals surface area contributed by atoms with Gasteiger partial charge in [-0.2, -0.15) is 0 Å². The van der Waals surface area contributed by atoms with Gasteiger partial charge in [0, 0.05) is 5.56 Å². The molecule has 0 aliphatic rings. The van der Waals surface area contributed by atoms with E-state index in [0.717, 1.165) is 30.2 Å². The quantitative estimate of drug-likeness (QED) is 0.847. The molecule has 0 spiro atoms. The van der Waals surface area contributed by atoms with Crippen molar-refractivity contribution in [2.75, 3.05) is 6.54 Å². The van der Waals surface area contributed by atoms with Crippen molar-refractivity contribution in [2.45, 2.75) is 27.0 Å². The Morgan fingerprint density at radius 2 is 2.10 bits per heavy atom. The third kappa shape index (κ3) is 3.69. The van der Waals surface area contributed by atoms with Gasteiger partial charge >= 0.3 is 0 Å². The second-order valence-electron chi connectivity index (χ2n) is 4.42. The summed E-state index contributed by atoms with van der Waals surface area (Å²) in [5.41, 5.74) is 1.01. The fraction of sp³-hybridized carbons (Fsp3) is 0.333. The topological polar surface area (TPSA) is 34.4 Å². The van der Waals surface area contributed by atoms with E-state index in [1.807, 2.05) is 19.1 Å². The Morgan fingerprint density at radius 1 is 1.30 bits per heavy atom. The van der Waals surface area contributed by atoms with Crippen LogP contribution in [-0.2, 0) is 13.2 Å². The van der Waals surface area contributed by atoms with Crippen molar-refractivity contribution < 1.29 is 9.15 Å². The number of nitrogens with one attached hydrogen (secondary N) is 1. The lowest BCUT2D eigenvalue weighted by Crippen LogP contribution is -2.10. The van der Waals surface area contributed by atoms with Gasteiger partial charge in [0.25, 0.3) is 0 Å². The van der Waals surface area contributed by atoms with E-state index >= 15 is 0 Å². The molecule has 0 radical (unpaired) electrons. The molecule has 1 heterocycles. The molecule has 108 valence electrons. The SMILES string of the molecule is CCNCc1cc(COc2cccc(Cl)c2Cl)c(C)o1. The number of aryl methyl sites for hydroxylation is 1. The minimum atomic E-state index is 0.404. The Morgan fingerprint density at radius 3 is 2.85 bits per heavy atom. The largest absolute Gasteiger partial charge is 0.487 e. The van der Waals surface area contributed by atoms with Gasteiger partial charge in [-0.3, -0.25) is 0 Å². The van der Waals surface area contributed by atoms with Gasteiger partial charge in [-0.05, 0) is 31.7 Å². The molecule has 0 amide bonds. The smallest absolute Gasteiger partial charge is 0.139 e. The van der Waals surface area contributed by atoms with Crippen LogP contribution < -0.4 is 10.1 Å². The van der Waals surface area contributed by atoms with Gasteiger partial charge in [-0.25, -0.2) is 0 Å². The fourth-order valence-corrected chi connectivity index (χ4v) is 2.16. The first-order chi connectivity index (χ1) is 9.61. The zero-order valence-corrected chi connectivity index (χ0v) is 13.0. The van der Waals surface area contributed by atoms with E-state index in [4.69, 9.17) is 32.4 Å². The first kappa shape index (κ1) is 15.2. The zero-order valence-electron chi connectivity index (χ0n) is 11.5. The number of furan rings is 1. The van der Waals surface area contributed by atoms with E-state index in [9.17, 15) is 0 Å². The van der Waals surface area contributed by atoms with Crippen molar-refractivity contribution in [3.05, 3.63) is 51.4 Å². The molecular formula is C15H17Cl2NO2. The van der Waals surface area contributed by atoms with E-state index in [1.165, 1.54) is 0 Å². The van der Waals surface area contributed by atoms with Crippen molar-refractivity contribution in [1.29, 1.82) is 0 Å². The van der Waals surface area contributed by atoms with Crippen LogP contribution in [0.15, 0.2) is 28.7 Å². The summed E-state index contributed by atoms with van der Waals surface area (Å²) >= 11 is 12.0. The molecule has 0 unspecified atom stereocenters. The zero-order chi connectivity index (χ0) is 14.5. The number of ether oxygens (including phenoxy) is 1. The fourth-order valence-electron chi connectivity index (χ4n) is 1.82. The first-order valence-electron chi connectivity index (χ1n) is 6.47. The molecule has 0 aliphatic carbocycles.